The lowest BCUT2D eigenvalue weighted by molar-refractivity contribution is 0.198. The quantitative estimate of drug-likeness (QED) is 0.772. The Kier molecular flexibility index (Phi) is 3.21. The maximum atomic E-state index is 8.73. The average Bonchev–Trinajstić information content (AvgIpc) is 2.74. The van der Waals surface area contributed by atoms with E-state index in [1.165, 1.54) is 0 Å². The first-order chi connectivity index (χ1) is 7.85. The summed E-state index contributed by atoms with van der Waals surface area (Å²) in [6.07, 6.45) is 5.35. The molecule has 0 atom stereocenters. The van der Waals surface area contributed by atoms with Crippen molar-refractivity contribution in [3.63, 3.8) is 0 Å². The lowest BCUT2D eigenvalue weighted by Gasteiger charge is -2.08. The summed E-state index contributed by atoms with van der Waals surface area (Å²) in [4.78, 5) is 8.41. The number of anilines is 1. The minimum atomic E-state index is -0.0417. The second-order valence-electron chi connectivity index (χ2n) is 3.19. The molecule has 0 aromatic carbocycles. The number of hydrogen-bond acceptors (Lipinski definition) is 5. The van der Waals surface area contributed by atoms with Crippen LogP contribution in [0.3, 0.4) is 0 Å². The highest BCUT2D eigenvalue weighted by molar-refractivity contribution is 5.53. The fourth-order valence-electron chi connectivity index (χ4n) is 1.41. The van der Waals surface area contributed by atoms with Crippen LogP contribution in [0.2, 0.25) is 0 Å². The maximum Gasteiger partial charge on any atom is 0.260 e. The van der Waals surface area contributed by atoms with Gasteiger partial charge in [-0.2, -0.15) is 4.98 Å². The molecule has 2 aromatic rings. The van der Waals surface area contributed by atoms with E-state index in [4.69, 9.17) is 9.84 Å². The molecule has 6 nitrogen and oxygen atoms in total. The molecule has 0 saturated carbocycles. The van der Waals surface area contributed by atoms with Crippen LogP contribution in [0.5, 0.6) is 5.88 Å². The summed E-state index contributed by atoms with van der Waals surface area (Å²) in [6.45, 7) is 2.95. The molecule has 2 heterocycles. The molecule has 0 unspecified atom stereocenters. The van der Waals surface area contributed by atoms with Gasteiger partial charge in [0, 0.05) is 18.9 Å². The number of aromatic nitrogens is 3. The van der Waals surface area contributed by atoms with Crippen LogP contribution in [0, 0.1) is 0 Å². The second-order valence-corrected chi connectivity index (χ2v) is 3.19. The zero-order valence-electron chi connectivity index (χ0n) is 9.05. The predicted molar refractivity (Wildman–Crippen MR) is 59.7 cm³/mol. The predicted octanol–water partition coefficient (Wildman–Crippen LogP) is 0.532. The normalized spacial score (nSPS) is 10.6. The molecule has 0 radical (unpaired) electrons. The second kappa shape index (κ2) is 4.80. The van der Waals surface area contributed by atoms with Gasteiger partial charge in [-0.25, -0.2) is 4.98 Å². The highest BCUT2D eigenvalue weighted by Gasteiger charge is 2.07. The van der Waals surface area contributed by atoms with Gasteiger partial charge < -0.3 is 15.2 Å². The Bertz CT molecular complexity index is 469. The van der Waals surface area contributed by atoms with Gasteiger partial charge in [-0.15, -0.1) is 0 Å². The summed E-state index contributed by atoms with van der Waals surface area (Å²) in [5.41, 5.74) is 0.648. The third kappa shape index (κ3) is 2.06. The topological polar surface area (TPSA) is 71.7 Å². The molecule has 0 fully saturated rings. The Morgan fingerprint density at radius 1 is 1.56 bits per heavy atom. The first-order valence-electron chi connectivity index (χ1n) is 5.16. The van der Waals surface area contributed by atoms with E-state index in [0.29, 0.717) is 11.5 Å². The van der Waals surface area contributed by atoms with Crippen LogP contribution in [-0.4, -0.2) is 39.2 Å². The van der Waals surface area contributed by atoms with E-state index in [2.05, 4.69) is 15.3 Å². The number of ether oxygens (including phenoxy) is 1. The lowest BCUT2D eigenvalue weighted by atomic mass is 10.5. The van der Waals surface area contributed by atoms with E-state index >= 15 is 0 Å². The minimum absolute atomic E-state index is 0.0417. The number of aliphatic hydroxyl groups is 1. The van der Waals surface area contributed by atoms with E-state index in [0.717, 1.165) is 12.4 Å². The van der Waals surface area contributed by atoms with Crippen molar-refractivity contribution in [1.82, 2.24) is 14.4 Å². The van der Waals surface area contributed by atoms with Crippen LogP contribution >= 0.6 is 0 Å². The van der Waals surface area contributed by atoms with Crippen LogP contribution in [0.15, 0.2) is 18.6 Å². The fraction of sp³-hybridized carbons (Fsp3) is 0.400. The molecule has 0 saturated heterocycles. The van der Waals surface area contributed by atoms with Crippen LogP contribution in [0.25, 0.3) is 5.65 Å². The maximum absolute atomic E-state index is 8.73. The molecule has 2 rings (SSSR count). The van der Waals surface area contributed by atoms with Gasteiger partial charge in [0.25, 0.3) is 5.88 Å². The number of nitrogens with zero attached hydrogens (tertiary/aromatic N) is 3. The number of rotatable bonds is 5. The Morgan fingerprint density at radius 2 is 2.44 bits per heavy atom. The molecule has 0 bridgehead atoms. The van der Waals surface area contributed by atoms with E-state index in [-0.39, 0.29) is 13.2 Å². The zero-order valence-corrected chi connectivity index (χ0v) is 9.05. The molecule has 0 aliphatic carbocycles. The van der Waals surface area contributed by atoms with Gasteiger partial charge in [-0.3, -0.25) is 4.40 Å². The number of aliphatic hydroxyl groups excluding tert-OH is 1. The van der Waals surface area contributed by atoms with E-state index in [1.807, 2.05) is 23.7 Å². The fourth-order valence-corrected chi connectivity index (χ4v) is 1.41. The molecule has 2 aromatic heterocycles. The van der Waals surface area contributed by atoms with Crippen LogP contribution in [-0.2, 0) is 0 Å². The Morgan fingerprint density at radius 3 is 3.19 bits per heavy atom. The molecule has 6 heteroatoms. The van der Waals surface area contributed by atoms with Crippen molar-refractivity contribution in [2.45, 2.75) is 6.92 Å². The van der Waals surface area contributed by atoms with E-state index < -0.39 is 0 Å². The van der Waals surface area contributed by atoms with Gasteiger partial charge >= 0.3 is 0 Å². The van der Waals surface area contributed by atoms with Crippen molar-refractivity contribution < 1.29 is 9.84 Å². The van der Waals surface area contributed by atoms with Gasteiger partial charge in [0.15, 0.2) is 0 Å². The molecule has 0 spiro atoms. The lowest BCUT2D eigenvalue weighted by Crippen LogP contribution is -2.07. The zero-order chi connectivity index (χ0) is 11.4. The van der Waals surface area contributed by atoms with E-state index in [1.54, 1.807) is 6.20 Å². The summed E-state index contributed by atoms with van der Waals surface area (Å²) < 4.78 is 7.16. The van der Waals surface area contributed by atoms with Gasteiger partial charge in [0.2, 0.25) is 5.65 Å². The van der Waals surface area contributed by atoms with Gasteiger partial charge in [0.05, 0.1) is 12.8 Å². The van der Waals surface area contributed by atoms with Crippen molar-refractivity contribution >= 4 is 11.5 Å². The summed E-state index contributed by atoms with van der Waals surface area (Å²) in [6, 6.07) is 0. The third-order valence-electron chi connectivity index (χ3n) is 2.03. The first-order valence-corrected chi connectivity index (χ1v) is 5.16. The standard InChI is InChI=1S/C10H14N4O2/c1-2-11-8-7-14-4-3-12-9(14)10(13-8)16-6-5-15/h3-4,7,11,15H,2,5-6H2,1H3. The first kappa shape index (κ1) is 10.7. The summed E-state index contributed by atoms with van der Waals surface area (Å²) in [7, 11) is 0. The van der Waals surface area contributed by atoms with Crippen LogP contribution in [0.4, 0.5) is 5.82 Å². The van der Waals surface area contributed by atoms with Crippen LogP contribution in [0.1, 0.15) is 6.92 Å². The largest absolute Gasteiger partial charge is 0.473 e. The molecule has 0 amide bonds. The smallest absolute Gasteiger partial charge is 0.260 e. The number of hydrogen-bond donors (Lipinski definition) is 2. The Balaban J connectivity index is 2.38. The SMILES string of the molecule is CCNc1cn2ccnc2c(OCCO)n1. The summed E-state index contributed by atoms with van der Waals surface area (Å²) in [5.74, 6) is 1.15. The molecule has 0 aliphatic rings. The monoisotopic (exact) mass is 222 g/mol. The summed E-state index contributed by atoms with van der Waals surface area (Å²) in [5, 5.41) is 11.8. The van der Waals surface area contributed by atoms with Gasteiger partial charge in [-0.1, -0.05) is 0 Å². The van der Waals surface area contributed by atoms with E-state index in [9.17, 15) is 0 Å². The molecular weight excluding hydrogens is 208 g/mol. The number of fused-ring (bicyclic) bond motifs is 1. The highest BCUT2D eigenvalue weighted by atomic mass is 16.5. The van der Waals surface area contributed by atoms with Crippen LogP contribution < -0.4 is 10.1 Å². The van der Waals surface area contributed by atoms with Crippen molar-refractivity contribution in [2.75, 3.05) is 25.1 Å². The average molecular weight is 222 g/mol. The van der Waals surface area contributed by atoms with Crippen molar-refractivity contribution in [2.24, 2.45) is 0 Å². The van der Waals surface area contributed by atoms with Crippen molar-refractivity contribution in [3.05, 3.63) is 18.6 Å². The minimum Gasteiger partial charge on any atom is -0.473 e. The van der Waals surface area contributed by atoms with Gasteiger partial charge in [0.1, 0.15) is 12.4 Å². The van der Waals surface area contributed by atoms with Gasteiger partial charge in [-0.05, 0) is 6.92 Å². The molecule has 0 aliphatic heterocycles. The summed E-state index contributed by atoms with van der Waals surface area (Å²) >= 11 is 0. The Hall–Kier alpha value is -1.82. The molecule has 2 N–H and O–H groups in total. The van der Waals surface area contributed by atoms with Crippen molar-refractivity contribution in [1.29, 1.82) is 0 Å². The highest BCUT2D eigenvalue weighted by Crippen LogP contribution is 2.18. The van der Waals surface area contributed by atoms with Crippen molar-refractivity contribution in [3.8, 4) is 5.88 Å². The molecule has 86 valence electrons. The molecule has 16 heavy (non-hydrogen) atoms. The Labute approximate surface area is 92.9 Å². The molecular formula is C10H14N4O2. The number of imidazole rings is 1. The number of nitrogens with one attached hydrogen (secondary N) is 1. The third-order valence-corrected chi connectivity index (χ3v) is 2.03.